The van der Waals surface area contributed by atoms with Crippen LogP contribution in [0.2, 0.25) is 0 Å². The number of carboxylic acid groups (broad SMARTS) is 2. The number of benzene rings is 4. The SMILES string of the molecule is CCc1ccc(COc2ccc3c(c2)CCN3C(=O)CN(CCC(=O)O)C(=O)OC(C)(C)C)cc1C(F)(F)F.CCc1ccc(COc2ccc3c(c2)CCN3C(=O)CNCCC(=O)O)cc1C(F)(F)F.Cl. The Morgan fingerprint density at radius 1 is 0.653 bits per heavy atom. The van der Waals surface area contributed by atoms with Gasteiger partial charge < -0.3 is 39.5 Å². The van der Waals surface area contributed by atoms with Crippen LogP contribution in [-0.2, 0) is 75.2 Å². The highest BCUT2D eigenvalue weighted by atomic mass is 35.5. The quantitative estimate of drug-likeness (QED) is 0.0639. The van der Waals surface area contributed by atoms with Gasteiger partial charge in [0.2, 0.25) is 11.8 Å². The number of carbonyl (C=O) groups excluding carboxylic acids is 3. The Kier molecular flexibility index (Phi) is 20.3. The zero-order chi connectivity index (χ0) is 52.3. The smallest absolute Gasteiger partial charge is 0.416 e. The Morgan fingerprint density at radius 2 is 1.11 bits per heavy atom. The van der Waals surface area contributed by atoms with E-state index in [1.807, 2.05) is 0 Å². The number of nitrogens with zero attached hydrogens (tertiary/aromatic N) is 3. The molecule has 0 aromatic heterocycles. The molecule has 3 N–H and O–H groups in total. The lowest BCUT2D eigenvalue weighted by Crippen LogP contribution is -2.45. The summed E-state index contributed by atoms with van der Waals surface area (Å²) in [4.78, 5) is 63.9. The van der Waals surface area contributed by atoms with Gasteiger partial charge in [0.1, 0.15) is 36.9 Å². The summed E-state index contributed by atoms with van der Waals surface area (Å²) in [6, 6.07) is 18.7. The molecule has 4 aromatic rings. The van der Waals surface area contributed by atoms with Gasteiger partial charge in [0, 0.05) is 37.6 Å². The van der Waals surface area contributed by atoms with Crippen LogP contribution in [0.4, 0.5) is 42.5 Å². The maximum atomic E-state index is 13.4. The van der Waals surface area contributed by atoms with Crippen molar-refractivity contribution in [3.8, 4) is 11.5 Å². The number of aryl methyl sites for hydroxylation is 2. The van der Waals surface area contributed by atoms with Crippen LogP contribution < -0.4 is 24.6 Å². The lowest BCUT2D eigenvalue weighted by atomic mass is 10.0. The second-order valence-electron chi connectivity index (χ2n) is 17.8. The number of anilines is 2. The zero-order valence-corrected chi connectivity index (χ0v) is 41.3. The van der Waals surface area contributed by atoms with E-state index in [1.165, 1.54) is 17.0 Å². The fourth-order valence-corrected chi connectivity index (χ4v) is 7.89. The van der Waals surface area contributed by atoms with Gasteiger partial charge in [0.05, 0.1) is 30.5 Å². The first-order valence-electron chi connectivity index (χ1n) is 23.0. The van der Waals surface area contributed by atoms with E-state index < -0.39 is 53.0 Å². The number of aliphatic carboxylic acids is 2. The minimum absolute atomic E-state index is 0. The van der Waals surface area contributed by atoms with Crippen molar-refractivity contribution in [1.29, 1.82) is 0 Å². The Morgan fingerprint density at radius 3 is 1.53 bits per heavy atom. The average molecular weight is 1040 g/mol. The van der Waals surface area contributed by atoms with Crippen LogP contribution in [0.5, 0.6) is 11.5 Å². The second-order valence-corrected chi connectivity index (χ2v) is 17.8. The molecule has 3 amide bonds. The van der Waals surface area contributed by atoms with Crippen LogP contribution in [0.3, 0.4) is 0 Å². The van der Waals surface area contributed by atoms with Crippen LogP contribution in [0, 0.1) is 0 Å². The lowest BCUT2D eigenvalue weighted by Gasteiger charge is -2.28. The summed E-state index contributed by atoms with van der Waals surface area (Å²) >= 11 is 0. The highest BCUT2D eigenvalue weighted by Crippen LogP contribution is 2.36. The van der Waals surface area contributed by atoms with E-state index in [0.717, 1.165) is 33.8 Å². The van der Waals surface area contributed by atoms with E-state index in [0.29, 0.717) is 60.7 Å². The summed E-state index contributed by atoms with van der Waals surface area (Å²) in [7, 11) is 0. The zero-order valence-electron chi connectivity index (χ0n) is 40.5. The van der Waals surface area contributed by atoms with Gasteiger partial charge in [-0.3, -0.25) is 24.1 Å². The number of amides is 3. The average Bonchev–Trinajstić information content (AvgIpc) is 3.93. The third-order valence-corrected chi connectivity index (χ3v) is 11.4. The van der Waals surface area contributed by atoms with Crippen molar-refractivity contribution >= 4 is 53.6 Å². The fraction of sp³-hybridized carbons (Fsp3) is 0.431. The molecule has 0 radical (unpaired) electrons. The number of carbonyl (C=O) groups is 5. The summed E-state index contributed by atoms with van der Waals surface area (Å²) in [5, 5.41) is 20.5. The summed E-state index contributed by atoms with van der Waals surface area (Å²) in [5.41, 5.74) is 2.29. The van der Waals surface area contributed by atoms with Crippen LogP contribution in [0.15, 0.2) is 72.8 Å². The van der Waals surface area contributed by atoms with Gasteiger partial charge in [-0.15, -0.1) is 12.4 Å². The van der Waals surface area contributed by atoms with Crippen LogP contribution in [0.25, 0.3) is 0 Å². The molecule has 0 spiro atoms. The molecule has 2 aliphatic heterocycles. The van der Waals surface area contributed by atoms with E-state index in [-0.39, 0.29) is 88.1 Å². The van der Waals surface area contributed by atoms with Gasteiger partial charge in [-0.25, -0.2) is 4.79 Å². The molecule has 4 aromatic carbocycles. The molecule has 0 aliphatic carbocycles. The first kappa shape index (κ1) is 58.0. The maximum Gasteiger partial charge on any atom is 0.416 e. The molecule has 0 bridgehead atoms. The number of carboxylic acids is 2. The number of nitrogens with one attached hydrogen (secondary N) is 1. The van der Waals surface area contributed by atoms with Crippen molar-refractivity contribution in [2.24, 2.45) is 0 Å². The summed E-state index contributed by atoms with van der Waals surface area (Å²) < 4.78 is 96.7. The number of fused-ring (bicyclic) bond motifs is 2. The maximum absolute atomic E-state index is 13.4. The monoisotopic (exact) mass is 1040 g/mol. The topological polar surface area (TPSA) is 175 Å². The molecule has 6 rings (SSSR count). The molecule has 392 valence electrons. The molecule has 21 heteroatoms. The minimum atomic E-state index is -4.45. The molecule has 0 saturated heterocycles. The third-order valence-electron chi connectivity index (χ3n) is 11.4. The van der Waals surface area contributed by atoms with Gasteiger partial charge in [0.25, 0.3) is 0 Å². The number of halogens is 7. The van der Waals surface area contributed by atoms with Crippen LogP contribution >= 0.6 is 12.4 Å². The van der Waals surface area contributed by atoms with Gasteiger partial charge in [-0.05, 0) is 128 Å². The molecule has 0 saturated carbocycles. The Labute approximate surface area is 419 Å². The fourth-order valence-electron chi connectivity index (χ4n) is 7.89. The van der Waals surface area contributed by atoms with Crippen molar-refractivity contribution in [2.45, 2.75) is 104 Å². The summed E-state index contributed by atoms with van der Waals surface area (Å²) in [6.45, 7) is 8.91. The molecule has 72 heavy (non-hydrogen) atoms. The largest absolute Gasteiger partial charge is 0.489 e. The van der Waals surface area contributed by atoms with Crippen molar-refractivity contribution in [3.05, 3.63) is 117 Å². The molecule has 0 fully saturated rings. The number of alkyl halides is 6. The van der Waals surface area contributed by atoms with E-state index >= 15 is 0 Å². The molecular weight excluding hydrogens is 978 g/mol. The highest BCUT2D eigenvalue weighted by Gasteiger charge is 2.35. The van der Waals surface area contributed by atoms with Crippen LogP contribution in [0.1, 0.15) is 92.0 Å². The van der Waals surface area contributed by atoms with Crippen LogP contribution in [-0.4, -0.2) is 89.8 Å². The van der Waals surface area contributed by atoms with E-state index in [1.54, 1.807) is 88.0 Å². The summed E-state index contributed by atoms with van der Waals surface area (Å²) in [6.07, 6.45) is -8.31. The molecule has 0 unspecified atom stereocenters. The summed E-state index contributed by atoms with van der Waals surface area (Å²) in [5.74, 6) is -1.61. The van der Waals surface area contributed by atoms with Crippen molar-refractivity contribution in [2.75, 3.05) is 49.1 Å². The van der Waals surface area contributed by atoms with E-state index in [9.17, 15) is 50.3 Å². The van der Waals surface area contributed by atoms with Crippen molar-refractivity contribution in [3.63, 3.8) is 0 Å². The second kappa shape index (κ2) is 25.2. The van der Waals surface area contributed by atoms with Gasteiger partial charge >= 0.3 is 30.4 Å². The Balaban J connectivity index is 0.000000314. The van der Waals surface area contributed by atoms with E-state index in [4.69, 9.17) is 24.4 Å². The standard InChI is InChI=1S/C28H33F3N2O6.C23H25F3N2O4.ClH/c1-5-19-7-6-18(14-22(19)28(29,30)31)17-38-21-8-9-23-20(15-21)10-13-33(23)24(34)16-32(12-11-25(35)36)26(37)39-27(2,3)4;1-2-16-4-3-15(11-19(16)23(24,25)26)14-32-18-5-6-20-17(12-18)8-10-28(20)21(29)13-27-9-7-22(30)31;/h6-9,14-15H,5,10-13,16-17H2,1-4H3,(H,35,36);3-6,11-12,27H,2,7-10,13-14H2,1H3,(H,30,31);1H. The minimum Gasteiger partial charge on any atom is -0.489 e. The van der Waals surface area contributed by atoms with E-state index in [2.05, 4.69) is 5.32 Å². The first-order valence-corrected chi connectivity index (χ1v) is 23.0. The van der Waals surface area contributed by atoms with Gasteiger partial charge in [-0.1, -0.05) is 38.1 Å². The lowest BCUT2D eigenvalue weighted by molar-refractivity contribution is -0.139. The number of rotatable bonds is 18. The van der Waals surface area contributed by atoms with Crippen molar-refractivity contribution < 1.29 is 74.7 Å². The number of hydrogen-bond acceptors (Lipinski definition) is 9. The Bertz CT molecular complexity index is 2570. The molecule has 2 aliphatic rings. The predicted molar refractivity (Wildman–Crippen MR) is 258 cm³/mol. The predicted octanol–water partition coefficient (Wildman–Crippen LogP) is 9.67. The molecule has 0 atom stereocenters. The molecule has 14 nitrogen and oxygen atoms in total. The normalized spacial score (nSPS) is 13.0. The number of ether oxygens (including phenoxy) is 3. The Hall–Kier alpha value is -6.54. The molecule has 2 heterocycles. The number of hydrogen-bond donors (Lipinski definition) is 3. The first-order chi connectivity index (χ1) is 33.4. The van der Waals surface area contributed by atoms with Gasteiger partial charge in [-0.2, -0.15) is 26.3 Å². The third kappa shape index (κ3) is 16.5. The van der Waals surface area contributed by atoms with Crippen molar-refractivity contribution in [1.82, 2.24) is 10.2 Å². The highest BCUT2D eigenvalue weighted by molar-refractivity contribution is 5.98. The molecular formula is C51H59ClF6N4O10. The van der Waals surface area contributed by atoms with Gasteiger partial charge in [0.15, 0.2) is 0 Å².